The van der Waals surface area contributed by atoms with E-state index in [4.69, 9.17) is 0 Å². The maximum absolute atomic E-state index is 12.5. The monoisotopic (exact) mass is 818 g/mol. The summed E-state index contributed by atoms with van der Waals surface area (Å²) in [5.74, 6) is -0.320. The number of allylic oxidation sites excluding steroid dienone is 3. The van der Waals surface area contributed by atoms with Gasteiger partial charge in [0.25, 0.3) is 0 Å². The number of rotatable bonds is 48. The Balaban J connectivity index is 3.57. The normalized spacial score (nSPS) is 13.5. The van der Waals surface area contributed by atoms with E-state index in [9.17, 15) is 20.1 Å². The lowest BCUT2D eigenvalue weighted by Gasteiger charge is -2.21. The Morgan fingerprint density at radius 1 is 0.431 bits per heavy atom. The van der Waals surface area contributed by atoms with Crippen molar-refractivity contribution in [2.24, 2.45) is 0 Å². The molecule has 0 fully saturated rings. The van der Waals surface area contributed by atoms with Crippen LogP contribution in [0.2, 0.25) is 0 Å². The molecule has 344 valence electrons. The summed E-state index contributed by atoms with van der Waals surface area (Å²) in [6.07, 6.45) is 60.7. The first kappa shape index (κ1) is 56.8. The number of carbonyl (C=O) groups excluding carboxylic acids is 1. The molecule has 0 aliphatic heterocycles. The average Bonchev–Trinajstić information content (AvgIpc) is 3.22. The third kappa shape index (κ3) is 44.4. The minimum atomic E-state index is -0.949. The van der Waals surface area contributed by atoms with Gasteiger partial charge in [-0.2, -0.15) is 0 Å². The van der Waals surface area contributed by atoms with Gasteiger partial charge in [0.05, 0.1) is 31.3 Å². The highest BCUT2D eigenvalue weighted by atomic mass is 16.3. The van der Waals surface area contributed by atoms with Gasteiger partial charge < -0.3 is 20.6 Å². The number of aliphatic hydroxyl groups excluding tert-OH is 3. The third-order valence-corrected chi connectivity index (χ3v) is 12.2. The number of amides is 1. The zero-order chi connectivity index (χ0) is 42.3. The van der Waals surface area contributed by atoms with E-state index in [-0.39, 0.29) is 18.9 Å². The van der Waals surface area contributed by atoms with Gasteiger partial charge in [-0.3, -0.25) is 4.79 Å². The smallest absolute Gasteiger partial charge is 0.222 e. The van der Waals surface area contributed by atoms with E-state index in [1.807, 2.05) is 6.08 Å². The first-order valence-corrected chi connectivity index (χ1v) is 26.1. The van der Waals surface area contributed by atoms with E-state index >= 15 is 0 Å². The number of hydrogen-bond acceptors (Lipinski definition) is 4. The van der Waals surface area contributed by atoms with Crippen LogP contribution in [0.25, 0.3) is 0 Å². The van der Waals surface area contributed by atoms with E-state index in [2.05, 4.69) is 31.3 Å². The lowest BCUT2D eigenvalue weighted by atomic mass is 10.0. The number of hydrogen-bond donors (Lipinski definition) is 4. The Morgan fingerprint density at radius 3 is 1.10 bits per heavy atom. The summed E-state index contributed by atoms with van der Waals surface area (Å²) in [6.45, 7) is 4.23. The fraction of sp³-hybridized carbons (Fsp3) is 0.906. The molecule has 58 heavy (non-hydrogen) atoms. The highest BCUT2D eigenvalue weighted by Crippen LogP contribution is 2.17. The van der Waals surface area contributed by atoms with Gasteiger partial charge in [0, 0.05) is 0 Å². The molecule has 1 amide bonds. The largest absolute Gasteiger partial charge is 0.394 e. The molecular weight excluding hydrogens is 715 g/mol. The van der Waals surface area contributed by atoms with Crippen LogP contribution in [0, 0.1) is 0 Å². The Labute approximate surface area is 362 Å². The summed E-state index contributed by atoms with van der Waals surface area (Å²) >= 11 is 0. The standard InChI is InChI=1S/C53H103NO4/c1-3-5-7-9-11-13-15-17-19-21-22-23-24-25-26-27-28-29-31-32-34-36-38-40-42-44-46-50(56)48-53(58)54-51(49-55)52(57)47-45-43-41-39-37-35-33-30-20-18-16-14-12-10-8-6-4-2/h37,39,45,47,50-52,55-57H,3-36,38,40-44,46,48-49H2,1-2H3,(H,54,58)/b39-37+,47-45+. The molecule has 5 heteroatoms. The van der Waals surface area contributed by atoms with Crippen LogP contribution in [0.1, 0.15) is 284 Å². The van der Waals surface area contributed by atoms with E-state index < -0.39 is 18.2 Å². The lowest BCUT2D eigenvalue weighted by molar-refractivity contribution is -0.124. The Bertz CT molecular complexity index is 859. The molecule has 3 atom stereocenters. The average molecular weight is 818 g/mol. The van der Waals surface area contributed by atoms with Crippen LogP contribution in [-0.2, 0) is 4.79 Å². The van der Waals surface area contributed by atoms with Gasteiger partial charge in [0.2, 0.25) is 5.91 Å². The summed E-state index contributed by atoms with van der Waals surface area (Å²) < 4.78 is 0. The SMILES string of the molecule is CCCCCCCCCCCCC/C=C/CC/C=C/C(O)C(CO)NC(=O)CC(O)CCCCCCCCCCCCCCCCCCCCCCCCCCCC. The fourth-order valence-electron chi connectivity index (χ4n) is 8.24. The molecule has 0 aliphatic rings. The van der Waals surface area contributed by atoms with Crippen molar-refractivity contribution in [3.8, 4) is 0 Å². The molecule has 0 aromatic rings. The van der Waals surface area contributed by atoms with Gasteiger partial charge in [-0.05, 0) is 32.1 Å². The molecule has 0 aromatic carbocycles. The predicted octanol–water partition coefficient (Wildman–Crippen LogP) is 15.7. The minimum Gasteiger partial charge on any atom is -0.394 e. The second kappa shape index (κ2) is 48.5. The maximum Gasteiger partial charge on any atom is 0.222 e. The zero-order valence-electron chi connectivity index (χ0n) is 39.2. The van der Waals surface area contributed by atoms with Gasteiger partial charge in [-0.1, -0.05) is 269 Å². The molecule has 0 saturated heterocycles. The Morgan fingerprint density at radius 2 is 0.741 bits per heavy atom. The van der Waals surface area contributed by atoms with E-state index in [1.165, 1.54) is 225 Å². The molecule has 0 spiro atoms. The van der Waals surface area contributed by atoms with Crippen LogP contribution in [-0.4, -0.2) is 46.1 Å². The molecule has 0 heterocycles. The molecule has 5 nitrogen and oxygen atoms in total. The summed E-state index contributed by atoms with van der Waals surface area (Å²) in [6, 6.07) is -0.758. The molecule has 0 saturated carbocycles. The first-order chi connectivity index (χ1) is 28.5. The predicted molar refractivity (Wildman–Crippen MR) is 255 cm³/mol. The van der Waals surface area contributed by atoms with Crippen molar-refractivity contribution in [3.63, 3.8) is 0 Å². The minimum absolute atomic E-state index is 0.0102. The lowest BCUT2D eigenvalue weighted by Crippen LogP contribution is -2.45. The Kier molecular flexibility index (Phi) is 47.5. The molecule has 0 aliphatic carbocycles. The summed E-state index contributed by atoms with van der Waals surface area (Å²) in [7, 11) is 0. The van der Waals surface area contributed by atoms with Crippen LogP contribution in [0.15, 0.2) is 24.3 Å². The molecule has 0 rings (SSSR count). The quantitative estimate of drug-likeness (QED) is 0.0364. The van der Waals surface area contributed by atoms with Crippen molar-refractivity contribution < 1.29 is 20.1 Å². The first-order valence-electron chi connectivity index (χ1n) is 26.1. The number of carbonyl (C=O) groups is 1. The van der Waals surface area contributed by atoms with Crippen molar-refractivity contribution in [1.82, 2.24) is 5.32 Å². The van der Waals surface area contributed by atoms with E-state index in [1.54, 1.807) is 6.08 Å². The van der Waals surface area contributed by atoms with Crippen molar-refractivity contribution in [1.29, 1.82) is 0 Å². The Hall–Kier alpha value is -1.17. The van der Waals surface area contributed by atoms with Crippen molar-refractivity contribution >= 4 is 5.91 Å². The van der Waals surface area contributed by atoms with Crippen molar-refractivity contribution in [3.05, 3.63) is 24.3 Å². The molecule has 0 bridgehead atoms. The van der Waals surface area contributed by atoms with Crippen LogP contribution in [0.4, 0.5) is 0 Å². The van der Waals surface area contributed by atoms with Crippen LogP contribution in [0.3, 0.4) is 0 Å². The van der Waals surface area contributed by atoms with Gasteiger partial charge >= 0.3 is 0 Å². The van der Waals surface area contributed by atoms with Crippen molar-refractivity contribution in [2.45, 2.75) is 302 Å². The van der Waals surface area contributed by atoms with E-state index in [0.29, 0.717) is 6.42 Å². The van der Waals surface area contributed by atoms with Gasteiger partial charge in [-0.25, -0.2) is 0 Å². The van der Waals surface area contributed by atoms with Crippen LogP contribution < -0.4 is 5.32 Å². The van der Waals surface area contributed by atoms with Crippen LogP contribution in [0.5, 0.6) is 0 Å². The molecular formula is C53H103NO4. The second-order valence-electron chi connectivity index (χ2n) is 18.1. The molecule has 0 aromatic heterocycles. The number of nitrogens with one attached hydrogen (secondary N) is 1. The summed E-state index contributed by atoms with van der Waals surface area (Å²) in [5, 5.41) is 33.3. The topological polar surface area (TPSA) is 89.8 Å². The van der Waals surface area contributed by atoms with Gasteiger partial charge in [0.15, 0.2) is 0 Å². The van der Waals surface area contributed by atoms with Crippen molar-refractivity contribution in [2.75, 3.05) is 6.61 Å². The molecule has 4 N–H and O–H groups in total. The third-order valence-electron chi connectivity index (χ3n) is 12.2. The second-order valence-corrected chi connectivity index (χ2v) is 18.1. The zero-order valence-corrected chi connectivity index (χ0v) is 39.2. The fourth-order valence-corrected chi connectivity index (χ4v) is 8.24. The molecule has 3 unspecified atom stereocenters. The molecule has 0 radical (unpaired) electrons. The van der Waals surface area contributed by atoms with Gasteiger partial charge in [0.1, 0.15) is 0 Å². The number of unbranched alkanes of at least 4 members (excludes halogenated alkanes) is 37. The van der Waals surface area contributed by atoms with Gasteiger partial charge in [-0.15, -0.1) is 0 Å². The highest BCUT2D eigenvalue weighted by molar-refractivity contribution is 5.76. The van der Waals surface area contributed by atoms with E-state index in [0.717, 1.165) is 32.1 Å². The maximum atomic E-state index is 12.5. The van der Waals surface area contributed by atoms with Crippen LogP contribution >= 0.6 is 0 Å². The summed E-state index contributed by atoms with van der Waals surface area (Å²) in [4.78, 5) is 12.5. The number of aliphatic hydroxyl groups is 3. The summed E-state index contributed by atoms with van der Waals surface area (Å²) in [5.41, 5.74) is 0. The highest BCUT2D eigenvalue weighted by Gasteiger charge is 2.20.